The number of nitrogens with zero attached hydrogens (tertiary/aromatic N) is 2. The lowest BCUT2D eigenvalue weighted by molar-refractivity contribution is -0.137. The third kappa shape index (κ3) is 6.26. The summed E-state index contributed by atoms with van der Waals surface area (Å²) in [7, 11) is 0. The molecule has 1 aliphatic rings. The van der Waals surface area contributed by atoms with Gasteiger partial charge in [0.1, 0.15) is 0 Å². The van der Waals surface area contributed by atoms with E-state index in [9.17, 15) is 4.79 Å². The topological polar surface area (TPSA) is 87.1 Å². The average Bonchev–Trinajstić information content (AvgIpc) is 2.59. The van der Waals surface area contributed by atoms with Crippen LogP contribution in [-0.4, -0.2) is 38.2 Å². The molecule has 1 aromatic carbocycles. The van der Waals surface area contributed by atoms with Gasteiger partial charge < -0.3 is 15.7 Å². The number of carboxylic acid groups (broad SMARTS) is 1. The largest absolute Gasteiger partial charge is 0.481 e. The molecular formula is C23H32N4O2. The van der Waals surface area contributed by atoms with Gasteiger partial charge in [-0.1, -0.05) is 24.3 Å². The lowest BCUT2D eigenvalue weighted by Crippen LogP contribution is -2.60. The molecule has 3 rings (SSSR count). The lowest BCUT2D eigenvalue weighted by Gasteiger charge is -2.46. The van der Waals surface area contributed by atoms with Crippen molar-refractivity contribution in [3.8, 4) is 11.3 Å². The number of aliphatic carboxylic acids is 1. The predicted octanol–water partition coefficient (Wildman–Crippen LogP) is 4.27. The Labute approximate surface area is 173 Å². The van der Waals surface area contributed by atoms with Crippen LogP contribution in [-0.2, 0) is 11.2 Å². The van der Waals surface area contributed by atoms with Crippen molar-refractivity contribution < 1.29 is 9.90 Å². The number of aromatic nitrogens is 2. The molecular weight excluding hydrogens is 364 g/mol. The van der Waals surface area contributed by atoms with E-state index >= 15 is 0 Å². The molecule has 1 saturated heterocycles. The quantitative estimate of drug-likeness (QED) is 0.648. The normalized spacial score (nSPS) is 18.3. The molecule has 0 saturated carbocycles. The summed E-state index contributed by atoms with van der Waals surface area (Å²) in [6, 6.07) is 10.4. The molecule has 0 bridgehead atoms. The minimum Gasteiger partial charge on any atom is -0.481 e. The van der Waals surface area contributed by atoms with Gasteiger partial charge in [-0.3, -0.25) is 4.79 Å². The maximum atomic E-state index is 10.7. The first-order valence-electron chi connectivity index (χ1n) is 10.3. The number of rotatable bonds is 7. The van der Waals surface area contributed by atoms with Crippen molar-refractivity contribution in [2.45, 2.75) is 76.9 Å². The van der Waals surface area contributed by atoms with Crippen LogP contribution in [0.2, 0.25) is 0 Å². The van der Waals surface area contributed by atoms with E-state index in [4.69, 9.17) is 10.1 Å². The number of nitrogens with one attached hydrogen (secondary N) is 2. The van der Waals surface area contributed by atoms with Gasteiger partial charge in [0.2, 0.25) is 5.95 Å². The number of carboxylic acids is 1. The summed E-state index contributed by atoms with van der Waals surface area (Å²) in [6.45, 7) is 8.94. The maximum Gasteiger partial charge on any atom is 0.303 e. The molecule has 1 fully saturated rings. The van der Waals surface area contributed by atoms with Gasteiger partial charge in [-0.25, -0.2) is 9.97 Å². The monoisotopic (exact) mass is 396 g/mol. The molecule has 3 N–H and O–H groups in total. The van der Waals surface area contributed by atoms with Crippen LogP contribution >= 0.6 is 0 Å². The zero-order chi connectivity index (χ0) is 21.1. The Balaban J connectivity index is 1.67. The molecule has 2 aromatic rings. The summed E-state index contributed by atoms with van der Waals surface area (Å²) in [5.74, 6) is -0.0882. The fraction of sp³-hybridized carbons (Fsp3) is 0.522. The molecule has 6 nitrogen and oxygen atoms in total. The number of benzene rings is 1. The minimum atomic E-state index is -0.747. The molecule has 0 unspecified atom stereocenters. The van der Waals surface area contributed by atoms with Gasteiger partial charge >= 0.3 is 5.97 Å². The van der Waals surface area contributed by atoms with Gasteiger partial charge in [-0.15, -0.1) is 0 Å². The van der Waals surface area contributed by atoms with E-state index in [0.29, 0.717) is 18.4 Å². The smallest absolute Gasteiger partial charge is 0.303 e. The molecule has 0 spiro atoms. The van der Waals surface area contributed by atoms with E-state index in [1.165, 1.54) is 0 Å². The summed E-state index contributed by atoms with van der Waals surface area (Å²) in [5.41, 5.74) is 3.18. The van der Waals surface area contributed by atoms with Crippen LogP contribution in [0, 0.1) is 0 Å². The molecule has 29 heavy (non-hydrogen) atoms. The van der Waals surface area contributed by atoms with Crippen LogP contribution in [0.1, 0.15) is 58.9 Å². The van der Waals surface area contributed by atoms with Crippen LogP contribution < -0.4 is 10.6 Å². The number of carbonyl (C=O) groups is 1. The highest BCUT2D eigenvalue weighted by atomic mass is 16.4. The molecule has 156 valence electrons. The first-order valence-corrected chi connectivity index (χ1v) is 10.3. The zero-order valence-electron chi connectivity index (χ0n) is 17.8. The Morgan fingerprint density at radius 3 is 2.41 bits per heavy atom. The van der Waals surface area contributed by atoms with Crippen molar-refractivity contribution in [2.24, 2.45) is 0 Å². The van der Waals surface area contributed by atoms with E-state index in [2.05, 4.69) is 43.3 Å². The standard InChI is InChI=1S/C23H32N4O2/c1-22(2)14-18(15-23(3,4)27-22)25-21-24-13-12-19(26-21)17-10-8-16(9-11-17)6-5-7-20(28)29/h8-13,18,27H,5-7,14-15H2,1-4H3,(H,28,29)(H,24,25,26). The van der Waals surface area contributed by atoms with Crippen molar-refractivity contribution in [2.75, 3.05) is 5.32 Å². The highest BCUT2D eigenvalue weighted by molar-refractivity contribution is 5.66. The first kappa shape index (κ1) is 21.2. The van der Waals surface area contributed by atoms with Gasteiger partial charge in [-0.2, -0.15) is 0 Å². The summed E-state index contributed by atoms with van der Waals surface area (Å²) in [5, 5.41) is 16.0. The number of piperidine rings is 1. The second-order valence-corrected chi connectivity index (χ2v) is 9.35. The van der Waals surface area contributed by atoms with E-state index < -0.39 is 5.97 Å². The second-order valence-electron chi connectivity index (χ2n) is 9.35. The van der Waals surface area contributed by atoms with Crippen LogP contribution in [0.25, 0.3) is 11.3 Å². The van der Waals surface area contributed by atoms with Crippen LogP contribution in [0.3, 0.4) is 0 Å². The number of hydrogen-bond donors (Lipinski definition) is 3. The lowest BCUT2D eigenvalue weighted by atomic mass is 9.80. The molecule has 0 atom stereocenters. The number of anilines is 1. The van der Waals surface area contributed by atoms with Gasteiger partial charge in [0, 0.05) is 35.3 Å². The van der Waals surface area contributed by atoms with Crippen LogP contribution in [0.5, 0.6) is 0 Å². The summed E-state index contributed by atoms with van der Waals surface area (Å²) in [6.07, 6.45) is 5.43. The number of aryl methyl sites for hydroxylation is 1. The Kier molecular flexibility index (Phi) is 6.22. The van der Waals surface area contributed by atoms with Gasteiger partial charge in [0.25, 0.3) is 0 Å². The van der Waals surface area contributed by atoms with Crippen molar-refractivity contribution >= 4 is 11.9 Å². The van der Waals surface area contributed by atoms with Crippen molar-refractivity contribution in [1.29, 1.82) is 0 Å². The zero-order valence-corrected chi connectivity index (χ0v) is 17.8. The summed E-state index contributed by atoms with van der Waals surface area (Å²) < 4.78 is 0. The highest BCUT2D eigenvalue weighted by Crippen LogP contribution is 2.30. The number of hydrogen-bond acceptors (Lipinski definition) is 5. The second kappa shape index (κ2) is 8.49. The van der Waals surface area contributed by atoms with E-state index in [1.54, 1.807) is 6.20 Å². The Bertz CT molecular complexity index is 830. The third-order valence-electron chi connectivity index (χ3n) is 5.28. The van der Waals surface area contributed by atoms with Crippen molar-refractivity contribution in [3.05, 3.63) is 42.1 Å². The van der Waals surface area contributed by atoms with E-state index in [1.807, 2.05) is 30.3 Å². The molecule has 2 heterocycles. The Morgan fingerprint density at radius 1 is 1.14 bits per heavy atom. The average molecular weight is 397 g/mol. The molecule has 6 heteroatoms. The highest BCUT2D eigenvalue weighted by Gasteiger charge is 2.37. The predicted molar refractivity (Wildman–Crippen MR) is 116 cm³/mol. The molecule has 0 aliphatic carbocycles. The first-order chi connectivity index (χ1) is 13.6. The third-order valence-corrected chi connectivity index (χ3v) is 5.28. The Hall–Kier alpha value is -2.47. The molecule has 0 amide bonds. The van der Waals surface area contributed by atoms with Crippen LogP contribution in [0.4, 0.5) is 5.95 Å². The van der Waals surface area contributed by atoms with E-state index in [-0.39, 0.29) is 17.5 Å². The van der Waals surface area contributed by atoms with Crippen LogP contribution in [0.15, 0.2) is 36.5 Å². The summed E-state index contributed by atoms with van der Waals surface area (Å²) in [4.78, 5) is 19.8. The molecule has 0 radical (unpaired) electrons. The molecule has 1 aromatic heterocycles. The van der Waals surface area contributed by atoms with Crippen molar-refractivity contribution in [1.82, 2.24) is 15.3 Å². The maximum absolute atomic E-state index is 10.7. The summed E-state index contributed by atoms with van der Waals surface area (Å²) >= 11 is 0. The fourth-order valence-corrected chi connectivity index (χ4v) is 4.48. The van der Waals surface area contributed by atoms with E-state index in [0.717, 1.165) is 36.1 Å². The molecule has 1 aliphatic heterocycles. The fourth-order valence-electron chi connectivity index (χ4n) is 4.48. The minimum absolute atomic E-state index is 0.0630. The van der Waals surface area contributed by atoms with Gasteiger partial charge in [0.15, 0.2) is 0 Å². The Morgan fingerprint density at radius 2 is 1.79 bits per heavy atom. The van der Waals surface area contributed by atoms with Gasteiger partial charge in [0.05, 0.1) is 5.69 Å². The SMILES string of the molecule is CC1(C)CC(Nc2nccc(-c3ccc(CCCC(=O)O)cc3)n2)CC(C)(C)N1. The van der Waals surface area contributed by atoms with Crippen molar-refractivity contribution in [3.63, 3.8) is 0 Å². The van der Waals surface area contributed by atoms with Gasteiger partial charge in [-0.05, 0) is 65.0 Å².